The molecule has 186 valence electrons. The van der Waals surface area contributed by atoms with Crippen molar-refractivity contribution in [2.75, 3.05) is 19.3 Å². The second-order valence-corrected chi connectivity index (χ2v) is 12.5. The van der Waals surface area contributed by atoms with Crippen LogP contribution in [-0.2, 0) is 24.7 Å². The number of rotatable bonds is 7. The van der Waals surface area contributed by atoms with Crippen molar-refractivity contribution in [3.05, 3.63) is 54.1 Å². The molecule has 0 aromatic heterocycles. The van der Waals surface area contributed by atoms with Gasteiger partial charge in [0.25, 0.3) is 5.91 Å². The van der Waals surface area contributed by atoms with Gasteiger partial charge in [0.05, 0.1) is 9.79 Å². The average Bonchev–Trinajstić information content (AvgIpc) is 2.76. The zero-order chi connectivity index (χ0) is 25.3. The van der Waals surface area contributed by atoms with Gasteiger partial charge in [-0.2, -0.15) is 8.70 Å². The molecule has 3 rings (SSSR count). The fraction of sp³-hybridized carbons (Fsp3) is 0.409. The van der Waals surface area contributed by atoms with Crippen LogP contribution in [0.2, 0.25) is 0 Å². The molecular formula is C22H26F2N2O6S2. The van der Waals surface area contributed by atoms with Crippen LogP contribution in [0.4, 0.5) is 8.78 Å². The Morgan fingerprint density at radius 2 is 1.62 bits per heavy atom. The van der Waals surface area contributed by atoms with E-state index in [0.29, 0.717) is 12.8 Å². The predicted octanol–water partition coefficient (Wildman–Crippen LogP) is 2.50. The maximum atomic E-state index is 13.9. The summed E-state index contributed by atoms with van der Waals surface area (Å²) in [4.78, 5) is 12.5. The van der Waals surface area contributed by atoms with Gasteiger partial charge < -0.3 is 10.1 Å². The highest BCUT2D eigenvalue weighted by molar-refractivity contribution is 7.91. The van der Waals surface area contributed by atoms with Crippen molar-refractivity contribution in [2.24, 2.45) is 0 Å². The highest BCUT2D eigenvalue weighted by Gasteiger charge is 2.35. The number of amides is 1. The monoisotopic (exact) mass is 516 g/mol. The quantitative estimate of drug-likeness (QED) is 0.606. The fourth-order valence-electron chi connectivity index (χ4n) is 3.50. The van der Waals surface area contributed by atoms with Crippen LogP contribution in [0.1, 0.15) is 26.7 Å². The Kier molecular flexibility index (Phi) is 7.34. The van der Waals surface area contributed by atoms with Gasteiger partial charge in [0.2, 0.25) is 15.8 Å². The molecule has 1 saturated heterocycles. The number of nitrogens with zero attached hydrogens (tertiary/aromatic N) is 1. The predicted molar refractivity (Wildman–Crippen MR) is 121 cm³/mol. The first-order valence-electron chi connectivity index (χ1n) is 10.5. The zero-order valence-corrected chi connectivity index (χ0v) is 20.5. The third-order valence-corrected chi connectivity index (χ3v) is 8.49. The van der Waals surface area contributed by atoms with Crippen LogP contribution in [0.5, 0.6) is 5.75 Å². The maximum absolute atomic E-state index is 13.9. The first-order chi connectivity index (χ1) is 15.7. The molecule has 1 amide bonds. The number of sulfone groups is 1. The minimum Gasteiger partial charge on any atom is -0.475 e. The summed E-state index contributed by atoms with van der Waals surface area (Å²) in [5, 5.41) is 2.77. The standard InChI is InChI=1S/C22H26F2N2O6S2/c1-22(2,32-19-9-5-8-18(23)20(19)24)21(27)25-15-10-12-26(13-11-15)34(30,31)17-7-4-6-16(14-17)33(3,28)29/h4-9,14-15H,10-13H2,1-3H3,(H,25,27). The number of carbonyl (C=O) groups excluding carboxylic acids is 1. The zero-order valence-electron chi connectivity index (χ0n) is 18.9. The van der Waals surface area contributed by atoms with E-state index in [4.69, 9.17) is 4.74 Å². The Balaban J connectivity index is 1.63. The number of benzene rings is 2. The summed E-state index contributed by atoms with van der Waals surface area (Å²) in [7, 11) is -7.49. The molecule has 34 heavy (non-hydrogen) atoms. The van der Waals surface area contributed by atoms with E-state index in [0.717, 1.165) is 18.4 Å². The summed E-state index contributed by atoms with van der Waals surface area (Å²) in [6.45, 7) is 3.05. The van der Waals surface area contributed by atoms with Crippen molar-refractivity contribution in [1.29, 1.82) is 0 Å². The molecule has 1 heterocycles. The highest BCUT2D eigenvalue weighted by atomic mass is 32.2. The molecule has 0 bridgehead atoms. The van der Waals surface area contributed by atoms with E-state index < -0.39 is 48.8 Å². The van der Waals surface area contributed by atoms with Gasteiger partial charge >= 0.3 is 0 Å². The van der Waals surface area contributed by atoms with Gasteiger partial charge in [-0.3, -0.25) is 4.79 Å². The third kappa shape index (κ3) is 5.73. The molecule has 12 heteroatoms. The third-order valence-electron chi connectivity index (χ3n) is 5.49. The van der Waals surface area contributed by atoms with Gasteiger partial charge in [-0.15, -0.1) is 0 Å². The molecule has 0 atom stereocenters. The number of sulfonamides is 1. The first-order valence-corrected chi connectivity index (χ1v) is 13.8. The van der Waals surface area contributed by atoms with Crippen LogP contribution < -0.4 is 10.1 Å². The molecule has 1 fully saturated rings. The molecule has 2 aromatic rings. The number of ether oxygens (including phenoxy) is 1. The minimum atomic E-state index is -3.92. The lowest BCUT2D eigenvalue weighted by atomic mass is 10.0. The molecule has 2 aromatic carbocycles. The van der Waals surface area contributed by atoms with E-state index in [9.17, 15) is 30.4 Å². The largest absolute Gasteiger partial charge is 0.475 e. The number of halogens is 2. The lowest BCUT2D eigenvalue weighted by molar-refractivity contribution is -0.135. The van der Waals surface area contributed by atoms with Crippen molar-refractivity contribution in [3.63, 3.8) is 0 Å². The Hall–Kier alpha value is -2.57. The molecule has 0 radical (unpaired) electrons. The van der Waals surface area contributed by atoms with Crippen molar-refractivity contribution in [1.82, 2.24) is 9.62 Å². The average molecular weight is 517 g/mol. The molecule has 8 nitrogen and oxygen atoms in total. The number of nitrogens with one attached hydrogen (secondary N) is 1. The summed E-state index contributed by atoms with van der Waals surface area (Å²) in [6.07, 6.45) is 1.61. The van der Waals surface area contributed by atoms with Crippen molar-refractivity contribution in [2.45, 2.75) is 48.1 Å². The molecule has 0 spiro atoms. The minimum absolute atomic E-state index is 0.0901. The van der Waals surface area contributed by atoms with Gasteiger partial charge in [-0.25, -0.2) is 21.2 Å². The number of carbonyl (C=O) groups is 1. The summed E-state index contributed by atoms with van der Waals surface area (Å²) in [6, 6.07) is 8.23. The van der Waals surface area contributed by atoms with Crippen LogP contribution in [0, 0.1) is 11.6 Å². The van der Waals surface area contributed by atoms with Crippen LogP contribution in [-0.4, -0.2) is 58.0 Å². The summed E-state index contributed by atoms with van der Waals surface area (Å²) in [5.41, 5.74) is -1.51. The van der Waals surface area contributed by atoms with Gasteiger partial charge in [0, 0.05) is 25.4 Å². The molecule has 0 aliphatic carbocycles. The molecule has 1 aliphatic rings. The molecular weight excluding hydrogens is 490 g/mol. The summed E-state index contributed by atoms with van der Waals surface area (Å²) >= 11 is 0. The Morgan fingerprint density at radius 3 is 2.24 bits per heavy atom. The Labute approximate surface area is 197 Å². The van der Waals surface area contributed by atoms with Crippen molar-refractivity contribution in [3.8, 4) is 5.75 Å². The fourth-order valence-corrected chi connectivity index (χ4v) is 5.76. The van der Waals surface area contributed by atoms with E-state index in [1.165, 1.54) is 48.5 Å². The molecule has 0 unspecified atom stereocenters. The first kappa shape index (κ1) is 26.0. The Morgan fingerprint density at radius 1 is 1.03 bits per heavy atom. The number of hydrogen-bond donors (Lipinski definition) is 1. The van der Waals surface area contributed by atoms with E-state index in [1.54, 1.807) is 0 Å². The lowest BCUT2D eigenvalue weighted by Crippen LogP contribution is -2.53. The van der Waals surface area contributed by atoms with Gasteiger partial charge in [0.1, 0.15) is 0 Å². The lowest BCUT2D eigenvalue weighted by Gasteiger charge is -2.34. The Bertz CT molecular complexity index is 1290. The summed E-state index contributed by atoms with van der Waals surface area (Å²) in [5.74, 6) is -3.23. The molecule has 1 aliphatic heterocycles. The SMILES string of the molecule is CC(C)(Oc1cccc(F)c1F)C(=O)NC1CCN(S(=O)(=O)c2cccc(S(C)(=O)=O)c2)CC1. The van der Waals surface area contributed by atoms with Gasteiger partial charge in [-0.1, -0.05) is 12.1 Å². The van der Waals surface area contributed by atoms with Crippen molar-refractivity contribution < 1.29 is 35.1 Å². The van der Waals surface area contributed by atoms with Crippen molar-refractivity contribution >= 4 is 25.8 Å². The van der Waals surface area contributed by atoms with Crippen LogP contribution >= 0.6 is 0 Å². The van der Waals surface area contributed by atoms with Crippen LogP contribution in [0.25, 0.3) is 0 Å². The maximum Gasteiger partial charge on any atom is 0.263 e. The van der Waals surface area contributed by atoms with Crippen LogP contribution in [0.15, 0.2) is 52.3 Å². The normalized spacial score (nSPS) is 16.3. The van der Waals surface area contributed by atoms with E-state index in [-0.39, 0.29) is 28.9 Å². The topological polar surface area (TPSA) is 110 Å². The highest BCUT2D eigenvalue weighted by Crippen LogP contribution is 2.26. The molecule has 0 saturated carbocycles. The van der Waals surface area contributed by atoms with E-state index in [2.05, 4.69) is 5.32 Å². The van der Waals surface area contributed by atoms with E-state index in [1.807, 2.05) is 0 Å². The van der Waals surface area contributed by atoms with Gasteiger partial charge in [0.15, 0.2) is 27.0 Å². The number of piperidine rings is 1. The smallest absolute Gasteiger partial charge is 0.263 e. The van der Waals surface area contributed by atoms with Crippen LogP contribution in [0.3, 0.4) is 0 Å². The number of hydrogen-bond acceptors (Lipinski definition) is 6. The molecule has 1 N–H and O–H groups in total. The summed E-state index contributed by atoms with van der Waals surface area (Å²) < 4.78 is 83.5. The van der Waals surface area contributed by atoms with Gasteiger partial charge in [-0.05, 0) is 57.0 Å². The second kappa shape index (κ2) is 9.59. The second-order valence-electron chi connectivity index (χ2n) is 8.56. The van der Waals surface area contributed by atoms with E-state index >= 15 is 0 Å².